The van der Waals surface area contributed by atoms with Gasteiger partial charge >= 0.3 is 5.97 Å². The zero-order chi connectivity index (χ0) is 15.2. The molecule has 0 spiro atoms. The predicted molar refractivity (Wildman–Crippen MR) is 80.7 cm³/mol. The van der Waals surface area contributed by atoms with E-state index in [1.807, 2.05) is 0 Å². The van der Waals surface area contributed by atoms with Crippen LogP contribution in [0.5, 0.6) is 0 Å². The molecule has 21 heavy (non-hydrogen) atoms. The highest BCUT2D eigenvalue weighted by Crippen LogP contribution is 2.22. The first kappa shape index (κ1) is 15.0. The molecule has 0 unspecified atom stereocenters. The summed E-state index contributed by atoms with van der Waals surface area (Å²) in [4.78, 5) is 26.8. The molecule has 0 saturated heterocycles. The number of amides is 1. The van der Waals surface area contributed by atoms with Gasteiger partial charge in [-0.25, -0.2) is 4.98 Å². The van der Waals surface area contributed by atoms with Gasteiger partial charge in [-0.05, 0) is 25.1 Å². The number of benzene rings is 1. The number of nitrogens with zero attached hydrogens (tertiary/aromatic N) is 1. The smallest absolute Gasteiger partial charge is 0.311 e. The number of anilines is 2. The largest absolute Gasteiger partial charge is 0.466 e. The number of ether oxygens (including phenoxy) is 1. The molecule has 7 heteroatoms. The van der Waals surface area contributed by atoms with Gasteiger partial charge in [0.25, 0.3) is 0 Å². The van der Waals surface area contributed by atoms with Crippen molar-refractivity contribution in [2.45, 2.75) is 13.3 Å². The number of primary amides is 1. The van der Waals surface area contributed by atoms with E-state index >= 15 is 0 Å². The summed E-state index contributed by atoms with van der Waals surface area (Å²) in [5.74, 6) is -0.786. The third kappa shape index (κ3) is 4.28. The number of rotatable bonds is 6. The van der Waals surface area contributed by atoms with Gasteiger partial charge in [-0.2, -0.15) is 0 Å². The Bertz CT molecular complexity index is 654. The van der Waals surface area contributed by atoms with Crippen molar-refractivity contribution in [3.63, 3.8) is 0 Å². The minimum atomic E-state index is -0.485. The summed E-state index contributed by atoms with van der Waals surface area (Å²) in [5.41, 5.74) is 7.01. The normalized spacial score (nSPS) is 10.1. The summed E-state index contributed by atoms with van der Waals surface area (Å²) < 4.78 is 4.87. The highest BCUT2D eigenvalue weighted by atomic mass is 32.1. The molecule has 0 radical (unpaired) electrons. The second-order valence-electron chi connectivity index (χ2n) is 4.20. The Hall–Kier alpha value is -2.41. The lowest BCUT2D eigenvalue weighted by atomic mass is 10.2. The van der Waals surface area contributed by atoms with Crippen LogP contribution >= 0.6 is 11.3 Å². The first-order valence-electron chi connectivity index (χ1n) is 6.35. The van der Waals surface area contributed by atoms with Crippen LogP contribution in [-0.2, 0) is 16.0 Å². The first-order valence-corrected chi connectivity index (χ1v) is 7.23. The van der Waals surface area contributed by atoms with Crippen molar-refractivity contribution in [1.29, 1.82) is 0 Å². The number of hydrogen-bond acceptors (Lipinski definition) is 6. The Morgan fingerprint density at radius 1 is 1.43 bits per heavy atom. The first-order chi connectivity index (χ1) is 10.1. The lowest BCUT2D eigenvalue weighted by molar-refractivity contribution is -0.142. The number of nitrogens with two attached hydrogens (primary N) is 1. The van der Waals surface area contributed by atoms with E-state index in [1.54, 1.807) is 36.6 Å². The molecule has 0 bridgehead atoms. The minimum absolute atomic E-state index is 0.146. The third-order valence-electron chi connectivity index (χ3n) is 2.58. The van der Waals surface area contributed by atoms with Gasteiger partial charge in [-0.15, -0.1) is 11.3 Å². The summed E-state index contributed by atoms with van der Waals surface area (Å²) in [5, 5.41) is 5.50. The molecule has 0 fully saturated rings. The molecule has 0 aliphatic carbocycles. The van der Waals surface area contributed by atoms with Crippen molar-refractivity contribution in [2.75, 3.05) is 11.9 Å². The van der Waals surface area contributed by atoms with Gasteiger partial charge in [0, 0.05) is 16.6 Å². The van der Waals surface area contributed by atoms with E-state index in [0.29, 0.717) is 28.7 Å². The van der Waals surface area contributed by atoms with Gasteiger partial charge in [-0.1, -0.05) is 6.07 Å². The standard InChI is InChI=1S/C14H15N3O3S/c1-2-20-12(18)7-11-8-21-14(17-11)16-10-5-3-4-9(6-10)13(15)19/h3-6,8H,2,7H2,1H3,(H2,15,19)(H,16,17). The molecule has 0 aliphatic rings. The summed E-state index contributed by atoms with van der Waals surface area (Å²) in [6.45, 7) is 2.12. The van der Waals surface area contributed by atoms with E-state index in [0.717, 1.165) is 0 Å². The zero-order valence-electron chi connectivity index (χ0n) is 11.5. The van der Waals surface area contributed by atoms with Crippen LogP contribution in [0, 0.1) is 0 Å². The maximum Gasteiger partial charge on any atom is 0.311 e. The van der Waals surface area contributed by atoms with Crippen LogP contribution < -0.4 is 11.1 Å². The average Bonchev–Trinajstić information content (AvgIpc) is 2.86. The van der Waals surface area contributed by atoms with Gasteiger partial charge in [0.1, 0.15) is 0 Å². The molecule has 3 N–H and O–H groups in total. The average molecular weight is 305 g/mol. The number of hydrogen-bond donors (Lipinski definition) is 2. The van der Waals surface area contributed by atoms with E-state index < -0.39 is 5.91 Å². The minimum Gasteiger partial charge on any atom is -0.466 e. The highest BCUT2D eigenvalue weighted by Gasteiger charge is 2.09. The number of carbonyl (C=O) groups excluding carboxylic acids is 2. The number of nitrogens with one attached hydrogen (secondary N) is 1. The van der Waals surface area contributed by atoms with Gasteiger partial charge in [0.05, 0.1) is 18.7 Å². The van der Waals surface area contributed by atoms with E-state index in [4.69, 9.17) is 10.5 Å². The molecule has 1 heterocycles. The number of carbonyl (C=O) groups is 2. The van der Waals surface area contributed by atoms with E-state index in [-0.39, 0.29) is 12.4 Å². The maximum absolute atomic E-state index is 11.4. The van der Waals surface area contributed by atoms with Crippen molar-refractivity contribution in [2.24, 2.45) is 5.73 Å². The van der Waals surface area contributed by atoms with Crippen LogP contribution in [0.1, 0.15) is 23.0 Å². The second-order valence-corrected chi connectivity index (χ2v) is 5.05. The highest BCUT2D eigenvalue weighted by molar-refractivity contribution is 7.13. The van der Waals surface area contributed by atoms with E-state index in [1.165, 1.54) is 11.3 Å². The van der Waals surface area contributed by atoms with Crippen LogP contribution in [0.25, 0.3) is 0 Å². The quantitative estimate of drug-likeness (QED) is 0.797. The Kier molecular flexibility index (Phi) is 4.89. The fourth-order valence-electron chi connectivity index (χ4n) is 1.68. The molecular weight excluding hydrogens is 290 g/mol. The molecule has 0 saturated carbocycles. The predicted octanol–water partition coefficient (Wildman–Crippen LogP) is 2.09. The molecule has 6 nitrogen and oxygen atoms in total. The third-order valence-corrected chi connectivity index (χ3v) is 3.39. The lowest BCUT2D eigenvalue weighted by Crippen LogP contribution is -2.10. The fraction of sp³-hybridized carbons (Fsp3) is 0.214. The Morgan fingerprint density at radius 2 is 2.24 bits per heavy atom. The van der Waals surface area contributed by atoms with Gasteiger partial charge in [-0.3, -0.25) is 9.59 Å². The molecule has 1 aromatic carbocycles. The van der Waals surface area contributed by atoms with E-state index in [9.17, 15) is 9.59 Å². The van der Waals surface area contributed by atoms with Crippen LogP contribution in [0.4, 0.5) is 10.8 Å². The maximum atomic E-state index is 11.4. The number of thiazole rings is 1. The topological polar surface area (TPSA) is 94.3 Å². The summed E-state index contributed by atoms with van der Waals surface area (Å²) in [6.07, 6.45) is 0.146. The Morgan fingerprint density at radius 3 is 2.95 bits per heavy atom. The Balaban J connectivity index is 2.04. The molecule has 2 rings (SSSR count). The van der Waals surface area contributed by atoms with Gasteiger partial charge < -0.3 is 15.8 Å². The monoisotopic (exact) mass is 305 g/mol. The van der Waals surface area contributed by atoms with Crippen molar-refractivity contribution >= 4 is 34.0 Å². The molecule has 1 aromatic heterocycles. The van der Waals surface area contributed by atoms with Crippen molar-refractivity contribution < 1.29 is 14.3 Å². The van der Waals surface area contributed by atoms with E-state index in [2.05, 4.69) is 10.3 Å². The molecule has 1 amide bonds. The SMILES string of the molecule is CCOC(=O)Cc1csc(Nc2cccc(C(N)=O)c2)n1. The van der Waals surface area contributed by atoms with Gasteiger partial charge in [0.2, 0.25) is 5.91 Å². The van der Waals surface area contributed by atoms with Crippen LogP contribution in [0.2, 0.25) is 0 Å². The molecule has 0 aliphatic heterocycles. The lowest BCUT2D eigenvalue weighted by Gasteiger charge is -2.03. The summed E-state index contributed by atoms with van der Waals surface area (Å²) in [7, 11) is 0. The van der Waals surface area contributed by atoms with Crippen molar-refractivity contribution in [1.82, 2.24) is 4.98 Å². The summed E-state index contributed by atoms with van der Waals surface area (Å²) >= 11 is 1.37. The second kappa shape index (κ2) is 6.85. The van der Waals surface area contributed by atoms with Crippen molar-refractivity contribution in [3.05, 3.63) is 40.9 Å². The van der Waals surface area contributed by atoms with Crippen molar-refractivity contribution in [3.8, 4) is 0 Å². The van der Waals surface area contributed by atoms with Crippen LogP contribution in [0.3, 0.4) is 0 Å². The number of esters is 1. The molecular formula is C14H15N3O3S. The molecule has 2 aromatic rings. The Labute approximate surface area is 125 Å². The van der Waals surface area contributed by atoms with Gasteiger partial charge in [0.15, 0.2) is 5.13 Å². The molecule has 0 atom stereocenters. The van der Waals surface area contributed by atoms with Crippen LogP contribution in [0.15, 0.2) is 29.6 Å². The summed E-state index contributed by atoms with van der Waals surface area (Å²) in [6, 6.07) is 6.82. The zero-order valence-corrected chi connectivity index (χ0v) is 12.3. The van der Waals surface area contributed by atoms with Crippen LogP contribution in [-0.4, -0.2) is 23.5 Å². The molecule has 110 valence electrons. The number of aromatic nitrogens is 1. The fourth-order valence-corrected chi connectivity index (χ4v) is 2.41.